The van der Waals surface area contributed by atoms with Gasteiger partial charge < -0.3 is 35.6 Å². The first-order valence-electron chi connectivity index (χ1n) is 14.6. The lowest BCUT2D eigenvalue weighted by Gasteiger charge is -2.31. The predicted molar refractivity (Wildman–Crippen MR) is 168 cm³/mol. The molecule has 44 heavy (non-hydrogen) atoms. The molecule has 1 aromatic heterocycles. The largest absolute Gasteiger partial charge is 0.446 e. The lowest BCUT2D eigenvalue weighted by atomic mass is 10.1. The summed E-state index contributed by atoms with van der Waals surface area (Å²) in [6.45, 7) is 2.82. The van der Waals surface area contributed by atoms with Crippen molar-refractivity contribution >= 4 is 34.6 Å². The van der Waals surface area contributed by atoms with E-state index in [0.29, 0.717) is 69.1 Å². The van der Waals surface area contributed by atoms with E-state index in [1.165, 1.54) is 0 Å². The number of H-pyrrole nitrogens is 1. The van der Waals surface area contributed by atoms with Gasteiger partial charge >= 0.3 is 6.09 Å². The van der Waals surface area contributed by atoms with E-state index in [9.17, 15) is 9.59 Å². The Morgan fingerprint density at radius 2 is 1.75 bits per heavy atom. The summed E-state index contributed by atoms with van der Waals surface area (Å²) in [6, 6.07) is 22.4. The molecule has 12 heteroatoms. The van der Waals surface area contributed by atoms with E-state index >= 15 is 0 Å². The maximum absolute atomic E-state index is 13.2. The number of hydrogen-bond donors (Lipinski definition) is 4. The number of nitrogens with two attached hydrogens (primary N) is 2. The number of nitrogens with zero attached hydrogens (tertiary/aromatic N) is 3. The number of aromatic nitrogens is 2. The maximum atomic E-state index is 13.2. The van der Waals surface area contributed by atoms with Crippen LogP contribution in [0.15, 0.2) is 77.8 Å². The van der Waals surface area contributed by atoms with Crippen molar-refractivity contribution in [3.63, 3.8) is 0 Å². The van der Waals surface area contributed by atoms with Crippen molar-refractivity contribution in [3.05, 3.63) is 83.9 Å². The van der Waals surface area contributed by atoms with Crippen LogP contribution in [0.3, 0.4) is 0 Å². The molecule has 1 aliphatic rings. The molecule has 4 aromatic rings. The Hall–Kier alpha value is -4.78. The Morgan fingerprint density at radius 1 is 0.955 bits per heavy atom. The van der Waals surface area contributed by atoms with Crippen molar-refractivity contribution in [2.24, 2.45) is 16.5 Å². The summed E-state index contributed by atoms with van der Waals surface area (Å²) in [5.74, 6) is 0.980. The summed E-state index contributed by atoms with van der Waals surface area (Å²) in [4.78, 5) is 39.8. The Bertz CT molecular complexity index is 1580. The number of carbonyl (C=O) groups excluding carboxylic acids is 2. The molecule has 6 N–H and O–H groups in total. The quantitative estimate of drug-likeness (QED) is 0.108. The van der Waals surface area contributed by atoms with E-state index in [-0.39, 0.29) is 24.6 Å². The van der Waals surface area contributed by atoms with Gasteiger partial charge in [0, 0.05) is 54.9 Å². The summed E-state index contributed by atoms with van der Waals surface area (Å²) in [7, 11) is 0. The number of fused-ring (bicyclic) bond motifs is 1. The summed E-state index contributed by atoms with van der Waals surface area (Å²) in [5.41, 5.74) is 15.8. The Kier molecular flexibility index (Phi) is 10.5. The molecule has 230 valence electrons. The molecule has 12 nitrogen and oxygen atoms in total. The van der Waals surface area contributed by atoms with Gasteiger partial charge in [0.25, 0.3) is 5.91 Å². The van der Waals surface area contributed by atoms with Crippen LogP contribution in [0.1, 0.15) is 28.8 Å². The Labute approximate surface area is 255 Å². The summed E-state index contributed by atoms with van der Waals surface area (Å²) in [6.07, 6.45) is 0.214. The molecule has 0 saturated carbocycles. The highest BCUT2D eigenvalue weighted by molar-refractivity contribution is 5.99. The third-order valence-electron chi connectivity index (χ3n) is 7.14. The molecule has 0 spiro atoms. The molecule has 0 unspecified atom stereocenters. The SMILES string of the molecule is NCCOCCOCN=C(N)c1cccc(NC(=O)OC2CCN(C(=O)c3ccc4nc(-c5ccccc5)[nH]c4c3)CC2)c1. The summed E-state index contributed by atoms with van der Waals surface area (Å²) < 4.78 is 16.3. The third-order valence-corrected chi connectivity index (χ3v) is 7.14. The van der Waals surface area contributed by atoms with E-state index < -0.39 is 6.09 Å². The molecule has 0 bridgehead atoms. The number of piperidine rings is 1. The van der Waals surface area contributed by atoms with Crippen molar-refractivity contribution in [3.8, 4) is 11.4 Å². The van der Waals surface area contributed by atoms with Crippen LogP contribution in [0, 0.1) is 0 Å². The molecule has 5 rings (SSSR count). The lowest BCUT2D eigenvalue weighted by molar-refractivity contribution is 0.0468. The number of amides is 2. The minimum absolute atomic E-state index is 0.0629. The van der Waals surface area contributed by atoms with E-state index in [0.717, 1.165) is 22.4 Å². The van der Waals surface area contributed by atoms with Crippen molar-refractivity contribution < 1.29 is 23.8 Å². The van der Waals surface area contributed by atoms with Crippen LogP contribution in [-0.4, -0.2) is 85.0 Å². The molecule has 1 aliphatic heterocycles. The molecular weight excluding hydrogens is 562 g/mol. The number of carbonyl (C=O) groups is 2. The number of ether oxygens (including phenoxy) is 3. The van der Waals surface area contributed by atoms with Crippen molar-refractivity contribution in [2.45, 2.75) is 18.9 Å². The first-order chi connectivity index (χ1) is 21.5. The molecule has 0 radical (unpaired) electrons. The summed E-state index contributed by atoms with van der Waals surface area (Å²) >= 11 is 0. The minimum Gasteiger partial charge on any atom is -0.446 e. The minimum atomic E-state index is -0.567. The van der Waals surface area contributed by atoms with Crippen LogP contribution < -0.4 is 16.8 Å². The number of imidazole rings is 1. The van der Waals surface area contributed by atoms with Gasteiger partial charge in [-0.05, 0) is 30.3 Å². The molecule has 1 fully saturated rings. The number of benzene rings is 3. The van der Waals surface area contributed by atoms with Gasteiger partial charge in [0.1, 0.15) is 24.5 Å². The van der Waals surface area contributed by atoms with Gasteiger partial charge in [-0.1, -0.05) is 42.5 Å². The lowest BCUT2D eigenvalue weighted by Crippen LogP contribution is -2.41. The molecule has 2 amide bonds. The van der Waals surface area contributed by atoms with Gasteiger partial charge in [-0.25, -0.2) is 14.8 Å². The number of anilines is 1. The first kappa shape index (κ1) is 30.7. The van der Waals surface area contributed by atoms with Gasteiger partial charge in [-0.2, -0.15) is 0 Å². The number of hydrogen-bond acceptors (Lipinski definition) is 8. The number of aromatic amines is 1. The maximum Gasteiger partial charge on any atom is 0.411 e. The number of amidine groups is 1. The van der Waals surface area contributed by atoms with Crippen molar-refractivity contribution in [1.29, 1.82) is 0 Å². The molecule has 1 saturated heterocycles. The van der Waals surface area contributed by atoms with E-state index in [4.69, 9.17) is 25.7 Å². The Balaban J connectivity index is 1.08. The van der Waals surface area contributed by atoms with Crippen LogP contribution in [-0.2, 0) is 14.2 Å². The average Bonchev–Trinajstić information content (AvgIpc) is 3.48. The number of rotatable bonds is 12. The van der Waals surface area contributed by atoms with Gasteiger partial charge in [0.15, 0.2) is 0 Å². The van der Waals surface area contributed by atoms with Crippen LogP contribution in [0.4, 0.5) is 10.5 Å². The fraction of sp³-hybridized carbons (Fsp3) is 0.312. The second kappa shape index (κ2) is 15.1. The highest BCUT2D eigenvalue weighted by Crippen LogP contribution is 2.23. The fourth-order valence-electron chi connectivity index (χ4n) is 4.86. The van der Waals surface area contributed by atoms with Gasteiger partial charge in [0.05, 0.1) is 30.9 Å². The molecular formula is C32H37N7O5. The zero-order valence-corrected chi connectivity index (χ0v) is 24.4. The molecule has 3 aromatic carbocycles. The monoisotopic (exact) mass is 599 g/mol. The summed E-state index contributed by atoms with van der Waals surface area (Å²) in [5, 5.41) is 2.75. The number of nitrogens with one attached hydrogen (secondary N) is 2. The standard InChI is InChI=1S/C32H37N7O5/c33-13-16-42-17-18-43-21-35-29(34)23-7-4-8-25(19-23)36-32(41)44-26-11-14-39(15-12-26)31(40)24-9-10-27-28(20-24)38-30(37-27)22-5-2-1-3-6-22/h1-10,19-20,26H,11-18,21,33H2,(H2,34,35)(H,36,41)(H,37,38). The normalized spacial score (nSPS) is 14.1. The smallest absolute Gasteiger partial charge is 0.411 e. The van der Waals surface area contributed by atoms with Gasteiger partial charge in [-0.15, -0.1) is 0 Å². The second-order valence-electron chi connectivity index (χ2n) is 10.3. The van der Waals surface area contributed by atoms with Crippen molar-refractivity contribution in [2.75, 3.05) is 51.5 Å². The van der Waals surface area contributed by atoms with E-state index in [1.807, 2.05) is 42.5 Å². The van der Waals surface area contributed by atoms with Crippen LogP contribution in [0.25, 0.3) is 22.4 Å². The van der Waals surface area contributed by atoms with Crippen LogP contribution in [0.2, 0.25) is 0 Å². The zero-order valence-electron chi connectivity index (χ0n) is 24.4. The molecule has 0 aliphatic carbocycles. The number of likely N-dealkylation sites (tertiary alicyclic amines) is 1. The topological polar surface area (TPSA) is 170 Å². The predicted octanol–water partition coefficient (Wildman–Crippen LogP) is 3.74. The highest BCUT2D eigenvalue weighted by atomic mass is 16.6. The zero-order chi connectivity index (χ0) is 30.7. The van der Waals surface area contributed by atoms with Crippen molar-refractivity contribution in [1.82, 2.24) is 14.9 Å². The van der Waals surface area contributed by atoms with Crippen LogP contribution >= 0.6 is 0 Å². The fourth-order valence-corrected chi connectivity index (χ4v) is 4.86. The molecule has 0 atom stereocenters. The van der Waals surface area contributed by atoms with Gasteiger partial charge in [0.2, 0.25) is 0 Å². The number of aliphatic imine (C=N–C) groups is 1. The van der Waals surface area contributed by atoms with Crippen LogP contribution in [0.5, 0.6) is 0 Å². The Morgan fingerprint density at radius 3 is 2.55 bits per heavy atom. The molecule has 2 heterocycles. The van der Waals surface area contributed by atoms with E-state index in [2.05, 4.69) is 20.3 Å². The van der Waals surface area contributed by atoms with Gasteiger partial charge in [-0.3, -0.25) is 10.1 Å². The second-order valence-corrected chi connectivity index (χ2v) is 10.3. The average molecular weight is 600 g/mol. The highest BCUT2D eigenvalue weighted by Gasteiger charge is 2.26. The first-order valence-corrected chi connectivity index (χ1v) is 14.6. The third kappa shape index (κ3) is 8.19. The van der Waals surface area contributed by atoms with E-state index in [1.54, 1.807) is 35.2 Å².